The average Bonchev–Trinajstić information content (AvgIpc) is 2.99. The fourth-order valence-electron chi connectivity index (χ4n) is 6.49. The molecule has 0 heterocycles. The zero-order valence-corrected chi connectivity index (χ0v) is 11.4. The van der Waals surface area contributed by atoms with Crippen LogP contribution >= 0.6 is 0 Å². The molecule has 4 saturated carbocycles. The van der Waals surface area contributed by atoms with Crippen molar-refractivity contribution in [3.8, 4) is 0 Å². The molecular formula is C17H28. The summed E-state index contributed by atoms with van der Waals surface area (Å²) in [6.07, 6.45) is 14.3. The molecule has 4 aliphatic rings. The van der Waals surface area contributed by atoms with Crippen LogP contribution in [-0.4, -0.2) is 0 Å². The summed E-state index contributed by atoms with van der Waals surface area (Å²) in [5.74, 6) is 7.94. The molecule has 0 aliphatic heterocycles. The smallest absolute Gasteiger partial charge is 0.0352 e. The fourth-order valence-corrected chi connectivity index (χ4v) is 6.49. The van der Waals surface area contributed by atoms with E-state index in [2.05, 4.69) is 6.92 Å². The topological polar surface area (TPSA) is 0 Å². The van der Waals surface area contributed by atoms with Gasteiger partial charge in [0, 0.05) is 0 Å². The van der Waals surface area contributed by atoms with E-state index in [0.29, 0.717) is 0 Å². The van der Waals surface area contributed by atoms with Crippen molar-refractivity contribution in [2.24, 2.45) is 41.4 Å². The second-order valence-corrected chi connectivity index (χ2v) is 7.79. The quantitative estimate of drug-likeness (QED) is 0.604. The van der Waals surface area contributed by atoms with Crippen molar-refractivity contribution in [3.05, 3.63) is 0 Å². The van der Waals surface area contributed by atoms with E-state index in [4.69, 9.17) is 0 Å². The lowest BCUT2D eigenvalue weighted by molar-refractivity contribution is 0.132. The Morgan fingerprint density at radius 1 is 0.647 bits per heavy atom. The van der Waals surface area contributed by atoms with Gasteiger partial charge in [0.1, 0.15) is 0 Å². The summed E-state index contributed by atoms with van der Waals surface area (Å²) in [5, 5.41) is 0. The molecule has 7 atom stereocenters. The second-order valence-electron chi connectivity index (χ2n) is 7.79. The Morgan fingerprint density at radius 2 is 1.47 bits per heavy atom. The minimum absolute atomic E-state index is 1.07. The lowest BCUT2D eigenvalue weighted by atomic mass is 9.69. The molecule has 0 nitrogen and oxygen atoms in total. The summed E-state index contributed by atoms with van der Waals surface area (Å²) in [7, 11) is 0. The van der Waals surface area contributed by atoms with Gasteiger partial charge in [0.25, 0.3) is 0 Å². The molecule has 7 unspecified atom stereocenters. The lowest BCUT2D eigenvalue weighted by Crippen LogP contribution is -2.28. The summed E-state index contributed by atoms with van der Waals surface area (Å²) >= 11 is 0. The first kappa shape index (κ1) is 10.9. The Hall–Kier alpha value is 0. The minimum Gasteiger partial charge on any atom is -0.0620 e. The lowest BCUT2D eigenvalue weighted by Gasteiger charge is -2.36. The van der Waals surface area contributed by atoms with Gasteiger partial charge in [-0.05, 0) is 73.5 Å². The predicted molar refractivity (Wildman–Crippen MR) is 71.7 cm³/mol. The summed E-state index contributed by atoms with van der Waals surface area (Å²) in [6.45, 7) is 2.61. The summed E-state index contributed by atoms with van der Waals surface area (Å²) in [4.78, 5) is 0. The van der Waals surface area contributed by atoms with Crippen LogP contribution in [0.2, 0.25) is 0 Å². The molecular weight excluding hydrogens is 204 g/mol. The number of fused-ring (bicyclic) bond motifs is 3. The average molecular weight is 232 g/mol. The van der Waals surface area contributed by atoms with Gasteiger partial charge in [-0.25, -0.2) is 0 Å². The molecule has 17 heavy (non-hydrogen) atoms. The largest absolute Gasteiger partial charge is 0.0620 e. The van der Waals surface area contributed by atoms with Gasteiger partial charge in [-0.15, -0.1) is 0 Å². The van der Waals surface area contributed by atoms with E-state index in [1.165, 1.54) is 0 Å². The first-order valence-corrected chi connectivity index (χ1v) is 8.33. The fraction of sp³-hybridized carbons (Fsp3) is 1.00. The van der Waals surface area contributed by atoms with E-state index in [1.54, 1.807) is 57.8 Å². The van der Waals surface area contributed by atoms with Gasteiger partial charge in [-0.1, -0.05) is 32.6 Å². The molecule has 96 valence electrons. The van der Waals surface area contributed by atoms with Gasteiger partial charge >= 0.3 is 0 Å². The molecule has 4 aliphatic carbocycles. The molecule has 0 aromatic rings. The zero-order valence-electron chi connectivity index (χ0n) is 11.4. The Balaban J connectivity index is 1.51. The first-order chi connectivity index (χ1) is 8.33. The van der Waals surface area contributed by atoms with Crippen LogP contribution in [0, 0.1) is 41.4 Å². The third kappa shape index (κ3) is 1.62. The molecule has 0 amide bonds. The highest BCUT2D eigenvalue weighted by molar-refractivity contribution is 4.98. The van der Waals surface area contributed by atoms with Crippen LogP contribution in [0.5, 0.6) is 0 Å². The number of rotatable bonds is 1. The second kappa shape index (κ2) is 4.00. The highest BCUT2D eigenvalue weighted by atomic mass is 14.5. The molecule has 0 N–H and O–H groups in total. The number of hydrogen-bond donors (Lipinski definition) is 0. The standard InChI is InChI=1S/C17H28/c1-11-15-4-2-3-13(15)10-17(11)16-8-6-12-5-7-14(16)9-12/h11-17H,2-10H2,1H3. The monoisotopic (exact) mass is 232 g/mol. The Bertz CT molecular complexity index is 294. The number of hydrogen-bond acceptors (Lipinski definition) is 0. The third-order valence-electron chi connectivity index (χ3n) is 7.29. The normalized spacial score (nSPS) is 57.4. The van der Waals surface area contributed by atoms with Crippen molar-refractivity contribution in [1.82, 2.24) is 0 Å². The van der Waals surface area contributed by atoms with Crippen LogP contribution < -0.4 is 0 Å². The van der Waals surface area contributed by atoms with Crippen molar-refractivity contribution >= 4 is 0 Å². The molecule has 4 fully saturated rings. The van der Waals surface area contributed by atoms with Crippen LogP contribution in [0.25, 0.3) is 0 Å². The van der Waals surface area contributed by atoms with E-state index >= 15 is 0 Å². The van der Waals surface area contributed by atoms with Crippen molar-refractivity contribution < 1.29 is 0 Å². The third-order valence-corrected chi connectivity index (χ3v) is 7.29. The van der Waals surface area contributed by atoms with Crippen LogP contribution in [0.1, 0.15) is 64.7 Å². The zero-order chi connectivity index (χ0) is 11.4. The van der Waals surface area contributed by atoms with Crippen molar-refractivity contribution in [2.75, 3.05) is 0 Å². The summed E-state index contributed by atoms with van der Waals surface area (Å²) < 4.78 is 0. The van der Waals surface area contributed by atoms with Crippen molar-refractivity contribution in [2.45, 2.75) is 64.7 Å². The maximum atomic E-state index is 2.61. The molecule has 0 heteroatoms. The van der Waals surface area contributed by atoms with Crippen LogP contribution in [0.15, 0.2) is 0 Å². The molecule has 0 aromatic heterocycles. The molecule has 0 aromatic carbocycles. The Morgan fingerprint density at radius 3 is 2.35 bits per heavy atom. The Kier molecular flexibility index (Phi) is 2.56. The van der Waals surface area contributed by atoms with Gasteiger partial charge in [-0.3, -0.25) is 0 Å². The molecule has 0 saturated heterocycles. The summed E-state index contributed by atoms with van der Waals surface area (Å²) in [5.41, 5.74) is 0. The van der Waals surface area contributed by atoms with E-state index in [1.807, 2.05) is 0 Å². The van der Waals surface area contributed by atoms with E-state index < -0.39 is 0 Å². The minimum atomic E-state index is 1.07. The maximum Gasteiger partial charge on any atom is -0.0352 e. The van der Waals surface area contributed by atoms with Crippen LogP contribution in [-0.2, 0) is 0 Å². The van der Waals surface area contributed by atoms with E-state index in [-0.39, 0.29) is 0 Å². The molecule has 4 rings (SSSR count). The van der Waals surface area contributed by atoms with Crippen LogP contribution in [0.4, 0.5) is 0 Å². The van der Waals surface area contributed by atoms with E-state index in [9.17, 15) is 0 Å². The van der Waals surface area contributed by atoms with Gasteiger partial charge in [-0.2, -0.15) is 0 Å². The Labute approximate surface area is 107 Å². The molecule has 0 spiro atoms. The van der Waals surface area contributed by atoms with Gasteiger partial charge in [0.05, 0.1) is 0 Å². The molecule has 0 radical (unpaired) electrons. The van der Waals surface area contributed by atoms with Gasteiger partial charge in [0.15, 0.2) is 0 Å². The highest BCUT2D eigenvalue weighted by Gasteiger charge is 2.49. The van der Waals surface area contributed by atoms with E-state index in [0.717, 1.165) is 41.4 Å². The van der Waals surface area contributed by atoms with Gasteiger partial charge in [0.2, 0.25) is 0 Å². The summed E-state index contributed by atoms with van der Waals surface area (Å²) in [6, 6.07) is 0. The van der Waals surface area contributed by atoms with Crippen molar-refractivity contribution in [3.63, 3.8) is 0 Å². The molecule has 2 bridgehead atoms. The predicted octanol–water partition coefficient (Wildman–Crippen LogP) is 4.89. The first-order valence-electron chi connectivity index (χ1n) is 8.33. The van der Waals surface area contributed by atoms with Gasteiger partial charge < -0.3 is 0 Å². The maximum absolute atomic E-state index is 2.61. The van der Waals surface area contributed by atoms with Crippen LogP contribution in [0.3, 0.4) is 0 Å². The highest BCUT2D eigenvalue weighted by Crippen LogP contribution is 2.58. The SMILES string of the molecule is CC1C2CCCC2CC1C1CCC2CCC1C2. The van der Waals surface area contributed by atoms with Crippen molar-refractivity contribution in [1.29, 1.82) is 0 Å².